The van der Waals surface area contributed by atoms with Crippen LogP contribution in [0.3, 0.4) is 0 Å². The number of thioether (sulfide) groups is 1. The van der Waals surface area contributed by atoms with E-state index in [0.29, 0.717) is 22.5 Å². The summed E-state index contributed by atoms with van der Waals surface area (Å²) in [5.74, 6) is 0.969. The van der Waals surface area contributed by atoms with Gasteiger partial charge in [0.15, 0.2) is 0 Å². The van der Waals surface area contributed by atoms with Crippen molar-refractivity contribution in [1.82, 2.24) is 14.9 Å². The lowest BCUT2D eigenvalue weighted by molar-refractivity contribution is -0.137. The van der Waals surface area contributed by atoms with Crippen LogP contribution in [0.4, 0.5) is 13.2 Å². The van der Waals surface area contributed by atoms with Crippen molar-refractivity contribution in [3.05, 3.63) is 62.0 Å². The predicted molar refractivity (Wildman–Crippen MR) is 116 cm³/mol. The molecule has 2 aromatic heterocycles. The summed E-state index contributed by atoms with van der Waals surface area (Å²) in [4.78, 5) is 35.7. The maximum absolute atomic E-state index is 12.6. The van der Waals surface area contributed by atoms with Crippen molar-refractivity contribution in [2.45, 2.75) is 37.7 Å². The molecule has 10 heteroatoms. The zero-order valence-corrected chi connectivity index (χ0v) is 18.3. The Morgan fingerprint density at radius 1 is 1.26 bits per heavy atom. The second kappa shape index (κ2) is 8.66. The van der Waals surface area contributed by atoms with Crippen LogP contribution < -0.4 is 5.56 Å². The molecular formula is C21H20F3N3O2S2. The molecular weight excluding hydrogens is 447 g/mol. The topological polar surface area (TPSA) is 66.1 Å². The normalized spacial score (nSPS) is 13.5. The van der Waals surface area contributed by atoms with Crippen molar-refractivity contribution >= 4 is 39.2 Å². The monoisotopic (exact) mass is 467 g/mol. The fourth-order valence-corrected chi connectivity index (χ4v) is 5.73. The number of nitrogens with zero attached hydrogens (tertiary/aromatic N) is 2. The van der Waals surface area contributed by atoms with E-state index in [1.165, 1.54) is 33.7 Å². The first kappa shape index (κ1) is 21.9. The second-order valence-corrected chi connectivity index (χ2v) is 9.56. The van der Waals surface area contributed by atoms with Crippen molar-refractivity contribution in [3.8, 4) is 0 Å². The molecule has 1 aliphatic rings. The number of carbonyl (C=O) groups excluding carboxylic acids is 1. The quantitative estimate of drug-likeness (QED) is 0.584. The van der Waals surface area contributed by atoms with Crippen LogP contribution in [0.25, 0.3) is 10.2 Å². The number of nitrogens with one attached hydrogen (secondary N) is 1. The molecule has 0 fully saturated rings. The highest BCUT2D eigenvalue weighted by atomic mass is 32.2. The molecule has 0 bridgehead atoms. The van der Waals surface area contributed by atoms with Crippen LogP contribution in [0.5, 0.6) is 0 Å². The van der Waals surface area contributed by atoms with Crippen LogP contribution in [0.2, 0.25) is 0 Å². The number of hydrogen-bond acceptors (Lipinski definition) is 5. The van der Waals surface area contributed by atoms with E-state index in [1.54, 1.807) is 18.4 Å². The molecule has 5 nitrogen and oxygen atoms in total. The molecule has 1 aromatic carbocycles. The van der Waals surface area contributed by atoms with Crippen molar-refractivity contribution in [2.75, 3.05) is 12.8 Å². The van der Waals surface area contributed by atoms with Crippen molar-refractivity contribution in [1.29, 1.82) is 0 Å². The van der Waals surface area contributed by atoms with E-state index in [9.17, 15) is 22.8 Å². The van der Waals surface area contributed by atoms with Gasteiger partial charge in [0.1, 0.15) is 10.7 Å². The van der Waals surface area contributed by atoms with Crippen LogP contribution in [0.15, 0.2) is 29.1 Å². The molecule has 0 unspecified atom stereocenters. The lowest BCUT2D eigenvalue weighted by Gasteiger charge is -2.17. The van der Waals surface area contributed by atoms with Crippen LogP contribution in [0, 0.1) is 0 Å². The van der Waals surface area contributed by atoms with Gasteiger partial charge < -0.3 is 9.88 Å². The van der Waals surface area contributed by atoms with Gasteiger partial charge in [-0.15, -0.1) is 23.1 Å². The van der Waals surface area contributed by atoms with E-state index >= 15 is 0 Å². The van der Waals surface area contributed by atoms with Crippen molar-refractivity contribution in [2.24, 2.45) is 0 Å². The fraction of sp³-hybridized carbons (Fsp3) is 0.381. The molecule has 31 heavy (non-hydrogen) atoms. The van der Waals surface area contributed by atoms with E-state index in [0.717, 1.165) is 41.8 Å². The number of alkyl halides is 3. The van der Waals surface area contributed by atoms with Crippen LogP contribution >= 0.6 is 23.1 Å². The number of carbonyl (C=O) groups is 1. The number of halogens is 3. The average Bonchev–Trinajstić information content (AvgIpc) is 3.28. The summed E-state index contributed by atoms with van der Waals surface area (Å²) >= 11 is 2.92. The lowest BCUT2D eigenvalue weighted by atomic mass is 10.1. The Morgan fingerprint density at radius 3 is 2.71 bits per heavy atom. The first-order valence-electron chi connectivity index (χ1n) is 9.73. The number of amides is 1. The molecule has 4 rings (SSSR count). The molecule has 0 aliphatic heterocycles. The number of thiophene rings is 1. The average molecular weight is 468 g/mol. The number of fused-ring (bicyclic) bond motifs is 3. The van der Waals surface area contributed by atoms with Crippen LogP contribution in [-0.2, 0) is 36.1 Å². The second-order valence-electron chi connectivity index (χ2n) is 7.49. The summed E-state index contributed by atoms with van der Waals surface area (Å²) in [7, 11) is 1.61. The summed E-state index contributed by atoms with van der Waals surface area (Å²) in [5.41, 5.74) is 0.921. The number of aryl methyl sites for hydroxylation is 2. The van der Waals surface area contributed by atoms with E-state index in [2.05, 4.69) is 9.97 Å². The summed E-state index contributed by atoms with van der Waals surface area (Å²) in [6.07, 6.45) is -1.37. The van der Waals surface area contributed by atoms with Gasteiger partial charge >= 0.3 is 6.18 Å². The Hall–Kier alpha value is -2.33. The number of H-pyrrole nitrogens is 1. The third-order valence-corrected chi connectivity index (χ3v) is 7.33. The van der Waals surface area contributed by atoms with Gasteiger partial charge in [0.05, 0.1) is 22.5 Å². The van der Waals surface area contributed by atoms with Gasteiger partial charge in [-0.25, -0.2) is 4.98 Å². The molecule has 0 atom stereocenters. The Labute approximate surface area is 184 Å². The number of aromatic amines is 1. The minimum absolute atomic E-state index is 0.120. The molecule has 0 saturated heterocycles. The minimum Gasteiger partial charge on any atom is -0.341 e. The first-order chi connectivity index (χ1) is 14.7. The molecule has 1 aliphatic carbocycles. The fourth-order valence-electron chi connectivity index (χ4n) is 3.62. The smallest absolute Gasteiger partial charge is 0.341 e. The number of hydrogen-bond donors (Lipinski definition) is 1. The summed E-state index contributed by atoms with van der Waals surface area (Å²) < 4.78 is 37.9. The summed E-state index contributed by atoms with van der Waals surface area (Å²) in [5, 5.41) is 0.707. The Bertz CT molecular complexity index is 1170. The summed E-state index contributed by atoms with van der Waals surface area (Å²) in [6.45, 7) is 0.222. The molecule has 0 radical (unpaired) electrons. The minimum atomic E-state index is -4.38. The first-order valence-corrected chi connectivity index (χ1v) is 11.7. The molecule has 3 aromatic rings. The third-order valence-electron chi connectivity index (χ3n) is 5.22. The van der Waals surface area contributed by atoms with Gasteiger partial charge in [-0.1, -0.05) is 12.1 Å². The maximum Gasteiger partial charge on any atom is 0.416 e. The number of benzene rings is 1. The Balaban J connectivity index is 1.32. The molecule has 164 valence electrons. The zero-order valence-electron chi connectivity index (χ0n) is 16.7. The largest absolute Gasteiger partial charge is 0.416 e. The van der Waals surface area contributed by atoms with Gasteiger partial charge in [-0.05, 0) is 42.5 Å². The third kappa shape index (κ3) is 4.79. The van der Waals surface area contributed by atoms with E-state index in [4.69, 9.17) is 0 Å². The Morgan fingerprint density at radius 2 is 2.00 bits per heavy atom. The molecule has 1 amide bonds. The van der Waals surface area contributed by atoms with Crippen LogP contribution in [0.1, 0.15) is 33.8 Å². The van der Waals surface area contributed by atoms with Gasteiger partial charge in [0.2, 0.25) is 5.91 Å². The van der Waals surface area contributed by atoms with E-state index < -0.39 is 11.7 Å². The number of aromatic nitrogens is 2. The van der Waals surface area contributed by atoms with Gasteiger partial charge in [-0.2, -0.15) is 13.2 Å². The Kier molecular flexibility index (Phi) is 6.11. The summed E-state index contributed by atoms with van der Waals surface area (Å²) in [6, 6.07) is 4.78. The highest BCUT2D eigenvalue weighted by Crippen LogP contribution is 2.34. The van der Waals surface area contributed by atoms with Gasteiger partial charge in [-0.3, -0.25) is 9.59 Å². The molecule has 0 saturated carbocycles. The molecule has 2 heterocycles. The highest BCUT2D eigenvalue weighted by Gasteiger charge is 2.30. The maximum atomic E-state index is 12.6. The predicted octanol–water partition coefficient (Wildman–Crippen LogP) is 4.38. The lowest BCUT2D eigenvalue weighted by Crippen LogP contribution is -2.28. The zero-order chi connectivity index (χ0) is 22.2. The standard InChI is InChI=1S/C21H20F3N3O2S2/c1-27(9-12-5-7-13(8-6-12)21(22,23)24)17(28)11-30-10-16-25-19(29)18-14-3-2-4-15(14)31-20(18)26-16/h5-8H,2-4,9-11H2,1H3,(H,25,26,29). The molecule has 0 spiro atoms. The van der Waals surface area contributed by atoms with Gasteiger partial charge in [0.25, 0.3) is 5.56 Å². The van der Waals surface area contributed by atoms with Crippen molar-refractivity contribution < 1.29 is 18.0 Å². The SMILES string of the molecule is CN(Cc1ccc(C(F)(F)F)cc1)C(=O)CSCc1nc2sc3c(c2c(=O)[nH]1)CCC3. The number of rotatable bonds is 6. The van der Waals surface area contributed by atoms with Crippen LogP contribution in [-0.4, -0.2) is 33.6 Å². The van der Waals surface area contributed by atoms with Gasteiger partial charge in [0, 0.05) is 18.5 Å². The highest BCUT2D eigenvalue weighted by molar-refractivity contribution is 7.99. The van der Waals surface area contributed by atoms with E-state index in [1.807, 2.05) is 0 Å². The van der Waals surface area contributed by atoms with E-state index in [-0.39, 0.29) is 23.8 Å². The molecule has 1 N–H and O–H groups in total. The van der Waals surface area contributed by atoms with Crippen molar-refractivity contribution in [3.63, 3.8) is 0 Å².